The van der Waals surface area contributed by atoms with Crippen LogP contribution in [-0.2, 0) is 4.74 Å². The molecule has 0 aromatic heterocycles. The normalized spacial score (nSPS) is 12.5. The van der Waals surface area contributed by atoms with Gasteiger partial charge in [0.15, 0.2) is 0 Å². The lowest BCUT2D eigenvalue weighted by molar-refractivity contribution is 0.143. The van der Waals surface area contributed by atoms with Gasteiger partial charge in [0.1, 0.15) is 6.10 Å². The lowest BCUT2D eigenvalue weighted by atomic mass is 10.1. The van der Waals surface area contributed by atoms with Gasteiger partial charge in [0, 0.05) is 44.7 Å². The molecule has 0 saturated heterocycles. The molecule has 180 valence electrons. The second-order valence-electron chi connectivity index (χ2n) is 8.56. The Morgan fingerprint density at radius 3 is 1.55 bits per heavy atom. The van der Waals surface area contributed by atoms with Gasteiger partial charge in [-0.25, -0.2) is 0 Å². The van der Waals surface area contributed by atoms with E-state index in [9.17, 15) is 0 Å². The Morgan fingerprint density at radius 1 is 0.667 bits per heavy atom. The molecule has 0 spiro atoms. The molecule has 0 radical (unpaired) electrons. The minimum absolute atomic E-state index is 0.0477. The van der Waals surface area contributed by atoms with Crippen molar-refractivity contribution in [1.29, 1.82) is 0 Å². The Bertz CT molecular complexity index is 811. The van der Waals surface area contributed by atoms with Crippen molar-refractivity contribution in [2.75, 3.05) is 43.1 Å². The first kappa shape index (κ1) is 26.7. The largest absolute Gasteiger partial charge is 0.373 e. The SMILES string of the molecule is CCCN(CCC)c1ccc(C=CC=CC(OC)c2ccc(N(CCC)CCC)cc2)cc1. The number of hydrogen-bond donors (Lipinski definition) is 0. The predicted molar refractivity (Wildman–Crippen MR) is 146 cm³/mol. The third-order valence-corrected chi connectivity index (χ3v) is 5.76. The standard InChI is InChI=1S/C30H44N2O/c1-6-22-31(23-7-2)28-18-14-26(15-19-28)12-10-11-13-30(33-5)27-16-20-29(21-17-27)32(24-8-3)25-9-4/h10-21,30H,6-9,22-25H2,1-5H3. The monoisotopic (exact) mass is 448 g/mol. The highest BCUT2D eigenvalue weighted by Gasteiger charge is 2.09. The van der Waals surface area contributed by atoms with E-state index in [0.717, 1.165) is 39.0 Å². The third kappa shape index (κ3) is 8.74. The van der Waals surface area contributed by atoms with Gasteiger partial charge in [-0.1, -0.05) is 76.3 Å². The minimum Gasteiger partial charge on any atom is -0.373 e. The maximum atomic E-state index is 5.73. The Morgan fingerprint density at radius 2 is 1.12 bits per heavy atom. The first-order valence-electron chi connectivity index (χ1n) is 12.7. The zero-order valence-corrected chi connectivity index (χ0v) is 21.5. The van der Waals surface area contributed by atoms with Crippen LogP contribution in [0.4, 0.5) is 11.4 Å². The van der Waals surface area contributed by atoms with E-state index in [-0.39, 0.29) is 6.10 Å². The molecule has 0 heterocycles. The zero-order valence-electron chi connectivity index (χ0n) is 21.5. The van der Waals surface area contributed by atoms with E-state index in [2.05, 4.69) is 110 Å². The summed E-state index contributed by atoms with van der Waals surface area (Å²) in [5, 5.41) is 0. The Hall–Kier alpha value is -2.52. The smallest absolute Gasteiger partial charge is 0.101 e. The van der Waals surface area contributed by atoms with Gasteiger partial charge < -0.3 is 14.5 Å². The third-order valence-electron chi connectivity index (χ3n) is 5.76. The van der Waals surface area contributed by atoms with Crippen LogP contribution in [0.2, 0.25) is 0 Å². The Kier molecular flexibility index (Phi) is 12.4. The molecule has 0 bridgehead atoms. The van der Waals surface area contributed by atoms with Crippen LogP contribution in [0.1, 0.15) is 70.6 Å². The average Bonchev–Trinajstić information content (AvgIpc) is 2.84. The zero-order chi connectivity index (χ0) is 23.9. The molecule has 1 unspecified atom stereocenters. The van der Waals surface area contributed by atoms with Crippen molar-refractivity contribution in [3.8, 4) is 0 Å². The number of methoxy groups -OCH3 is 1. The molecule has 3 nitrogen and oxygen atoms in total. The Balaban J connectivity index is 1.99. The first-order chi connectivity index (χ1) is 16.2. The van der Waals surface area contributed by atoms with Crippen LogP contribution in [0, 0.1) is 0 Å². The van der Waals surface area contributed by atoms with E-state index >= 15 is 0 Å². The van der Waals surface area contributed by atoms with Gasteiger partial charge in [0.25, 0.3) is 0 Å². The molecule has 33 heavy (non-hydrogen) atoms. The molecule has 0 aliphatic heterocycles. The summed E-state index contributed by atoms with van der Waals surface area (Å²) in [5.41, 5.74) is 4.99. The molecular weight excluding hydrogens is 404 g/mol. The van der Waals surface area contributed by atoms with Gasteiger partial charge in [-0.3, -0.25) is 0 Å². The highest BCUT2D eigenvalue weighted by molar-refractivity contribution is 5.57. The summed E-state index contributed by atoms with van der Waals surface area (Å²) >= 11 is 0. The highest BCUT2D eigenvalue weighted by Crippen LogP contribution is 2.23. The second kappa shape index (κ2) is 15.3. The topological polar surface area (TPSA) is 15.7 Å². The summed E-state index contributed by atoms with van der Waals surface area (Å²) in [6.45, 7) is 13.4. The summed E-state index contributed by atoms with van der Waals surface area (Å²) in [7, 11) is 1.77. The van der Waals surface area contributed by atoms with Gasteiger partial charge in [-0.15, -0.1) is 0 Å². The average molecular weight is 449 g/mol. The summed E-state index contributed by atoms with van der Waals surface area (Å²) < 4.78 is 5.73. The van der Waals surface area contributed by atoms with E-state index in [4.69, 9.17) is 4.74 Å². The molecule has 2 aromatic rings. The lowest BCUT2D eigenvalue weighted by Gasteiger charge is -2.24. The van der Waals surface area contributed by atoms with E-state index < -0.39 is 0 Å². The van der Waals surface area contributed by atoms with Crippen molar-refractivity contribution in [2.24, 2.45) is 0 Å². The number of nitrogens with zero attached hydrogens (tertiary/aromatic N) is 2. The van der Waals surface area contributed by atoms with Gasteiger partial charge in [-0.2, -0.15) is 0 Å². The highest BCUT2D eigenvalue weighted by atomic mass is 16.5. The van der Waals surface area contributed by atoms with Crippen molar-refractivity contribution >= 4 is 17.5 Å². The van der Waals surface area contributed by atoms with Crippen molar-refractivity contribution in [3.63, 3.8) is 0 Å². The van der Waals surface area contributed by atoms with Crippen LogP contribution in [0.25, 0.3) is 6.08 Å². The van der Waals surface area contributed by atoms with E-state index in [1.54, 1.807) is 7.11 Å². The van der Waals surface area contributed by atoms with Gasteiger partial charge in [0.05, 0.1) is 0 Å². The molecule has 1 atom stereocenters. The molecular formula is C30H44N2O. The van der Waals surface area contributed by atoms with Gasteiger partial charge in [0.2, 0.25) is 0 Å². The molecule has 2 aromatic carbocycles. The van der Waals surface area contributed by atoms with Crippen molar-refractivity contribution in [1.82, 2.24) is 0 Å². The summed E-state index contributed by atoms with van der Waals surface area (Å²) in [6.07, 6.45) is 13.1. The molecule has 3 heteroatoms. The van der Waals surface area contributed by atoms with Crippen molar-refractivity contribution in [2.45, 2.75) is 59.5 Å². The maximum Gasteiger partial charge on any atom is 0.101 e. The fourth-order valence-electron chi connectivity index (χ4n) is 4.15. The molecule has 0 aliphatic carbocycles. The van der Waals surface area contributed by atoms with Crippen LogP contribution in [0.5, 0.6) is 0 Å². The van der Waals surface area contributed by atoms with E-state index in [1.165, 1.54) is 35.3 Å². The van der Waals surface area contributed by atoms with Gasteiger partial charge in [-0.05, 0) is 61.1 Å². The predicted octanol–water partition coefficient (Wildman–Crippen LogP) is 7.90. The lowest BCUT2D eigenvalue weighted by Crippen LogP contribution is -2.24. The molecule has 2 rings (SSSR count). The fraction of sp³-hybridized carbons (Fsp3) is 0.467. The second-order valence-corrected chi connectivity index (χ2v) is 8.56. The number of ether oxygens (including phenoxy) is 1. The first-order valence-corrected chi connectivity index (χ1v) is 12.7. The molecule has 0 fully saturated rings. The number of hydrogen-bond acceptors (Lipinski definition) is 3. The summed E-state index contributed by atoms with van der Waals surface area (Å²) in [4.78, 5) is 4.92. The number of allylic oxidation sites excluding steroid dienone is 2. The van der Waals surface area contributed by atoms with Crippen LogP contribution < -0.4 is 9.80 Å². The quantitative estimate of drug-likeness (QED) is 0.258. The van der Waals surface area contributed by atoms with E-state index in [1.807, 2.05) is 0 Å². The summed E-state index contributed by atoms with van der Waals surface area (Å²) in [5.74, 6) is 0. The fourth-order valence-corrected chi connectivity index (χ4v) is 4.15. The van der Waals surface area contributed by atoms with E-state index in [0.29, 0.717) is 0 Å². The molecule has 0 aliphatic rings. The van der Waals surface area contributed by atoms with Crippen molar-refractivity contribution < 1.29 is 4.74 Å². The number of anilines is 2. The number of benzene rings is 2. The Labute approximate surface area is 202 Å². The molecule has 0 saturated carbocycles. The number of rotatable bonds is 15. The van der Waals surface area contributed by atoms with Crippen LogP contribution in [-0.4, -0.2) is 33.3 Å². The van der Waals surface area contributed by atoms with Crippen LogP contribution >= 0.6 is 0 Å². The van der Waals surface area contributed by atoms with Gasteiger partial charge >= 0.3 is 0 Å². The molecule has 0 amide bonds. The van der Waals surface area contributed by atoms with Crippen LogP contribution in [0.3, 0.4) is 0 Å². The van der Waals surface area contributed by atoms with Crippen molar-refractivity contribution in [3.05, 3.63) is 77.9 Å². The summed E-state index contributed by atoms with van der Waals surface area (Å²) in [6, 6.07) is 17.7. The van der Waals surface area contributed by atoms with Crippen LogP contribution in [0.15, 0.2) is 66.8 Å². The minimum atomic E-state index is -0.0477. The maximum absolute atomic E-state index is 5.73. The molecule has 0 N–H and O–H groups in total.